The Morgan fingerprint density at radius 2 is 1.85 bits per heavy atom. The average molecular weight is 392 g/mol. The summed E-state index contributed by atoms with van der Waals surface area (Å²) in [6.45, 7) is 3.18. The van der Waals surface area contributed by atoms with Crippen LogP contribution in [0.1, 0.15) is 5.56 Å². The van der Waals surface area contributed by atoms with Crippen molar-refractivity contribution in [2.24, 2.45) is 0 Å². The van der Waals surface area contributed by atoms with Gasteiger partial charge in [-0.05, 0) is 12.1 Å². The van der Waals surface area contributed by atoms with E-state index in [2.05, 4.69) is 9.80 Å². The van der Waals surface area contributed by atoms with Crippen molar-refractivity contribution in [3.63, 3.8) is 0 Å². The van der Waals surface area contributed by atoms with Crippen LogP contribution in [0, 0.1) is 0 Å². The first-order valence-electron chi connectivity index (χ1n) is 9.15. The Bertz CT molecular complexity index is 987. The average Bonchev–Trinajstić information content (AvgIpc) is 2.99. The first-order chi connectivity index (χ1) is 13.0. The van der Waals surface area contributed by atoms with Gasteiger partial charge in [0, 0.05) is 50.9 Å². The summed E-state index contributed by atoms with van der Waals surface area (Å²) >= 11 is 0. The molecular formula is C19H24N2O5S. The maximum absolute atomic E-state index is 12.8. The monoisotopic (exact) mass is 392 g/mol. The number of fused-ring (bicyclic) bond motifs is 2. The van der Waals surface area contributed by atoms with Gasteiger partial charge in [0.25, 0.3) is 0 Å². The van der Waals surface area contributed by atoms with Gasteiger partial charge in [-0.3, -0.25) is 14.6 Å². The number of piperazine rings is 1. The van der Waals surface area contributed by atoms with Crippen molar-refractivity contribution in [1.29, 1.82) is 0 Å². The molecule has 2 aromatic rings. The maximum atomic E-state index is 12.8. The van der Waals surface area contributed by atoms with Crippen LogP contribution in [0.4, 0.5) is 0 Å². The summed E-state index contributed by atoms with van der Waals surface area (Å²) in [5, 5.41) is 0.560. The molecule has 0 aliphatic carbocycles. The second-order valence-corrected chi connectivity index (χ2v) is 9.45. The smallest absolute Gasteiger partial charge is 0.197 e. The van der Waals surface area contributed by atoms with E-state index in [0.717, 1.165) is 13.1 Å². The molecule has 2 fully saturated rings. The molecule has 0 saturated carbocycles. The fraction of sp³-hybridized carbons (Fsp3) is 0.526. The number of ether oxygens (including phenoxy) is 1. The zero-order valence-corrected chi connectivity index (χ0v) is 16.2. The molecular weight excluding hydrogens is 368 g/mol. The third kappa shape index (κ3) is 3.67. The van der Waals surface area contributed by atoms with Gasteiger partial charge in [-0.15, -0.1) is 0 Å². The molecule has 2 saturated heterocycles. The van der Waals surface area contributed by atoms with Crippen LogP contribution in [0.5, 0.6) is 0 Å². The number of nitrogens with zero attached hydrogens (tertiary/aromatic N) is 2. The second-order valence-electron chi connectivity index (χ2n) is 7.30. The maximum Gasteiger partial charge on any atom is 0.197 e. The van der Waals surface area contributed by atoms with E-state index in [1.165, 1.54) is 6.26 Å². The van der Waals surface area contributed by atoms with Gasteiger partial charge < -0.3 is 9.15 Å². The molecule has 4 rings (SSSR count). The number of hydrogen-bond donors (Lipinski definition) is 0. The topological polar surface area (TPSA) is 80.1 Å². The van der Waals surface area contributed by atoms with Crippen molar-refractivity contribution in [3.8, 4) is 0 Å². The van der Waals surface area contributed by atoms with Crippen LogP contribution >= 0.6 is 0 Å². The van der Waals surface area contributed by atoms with Gasteiger partial charge in [0.2, 0.25) is 0 Å². The third-order valence-electron chi connectivity index (χ3n) is 5.61. The highest BCUT2D eigenvalue weighted by Crippen LogP contribution is 2.28. The van der Waals surface area contributed by atoms with Crippen molar-refractivity contribution in [1.82, 2.24) is 9.80 Å². The number of hydrogen-bond acceptors (Lipinski definition) is 7. The molecule has 1 aromatic heterocycles. The van der Waals surface area contributed by atoms with Crippen LogP contribution < -0.4 is 5.43 Å². The highest BCUT2D eigenvalue weighted by atomic mass is 32.2. The number of benzene rings is 1. The van der Waals surface area contributed by atoms with Crippen molar-refractivity contribution < 1.29 is 17.6 Å². The fourth-order valence-electron chi connectivity index (χ4n) is 4.23. The van der Waals surface area contributed by atoms with E-state index < -0.39 is 9.84 Å². The van der Waals surface area contributed by atoms with Gasteiger partial charge in [0.1, 0.15) is 5.58 Å². The summed E-state index contributed by atoms with van der Waals surface area (Å²) in [7, 11) is -1.43. The van der Waals surface area contributed by atoms with Gasteiger partial charge in [0.15, 0.2) is 15.3 Å². The molecule has 1 aromatic carbocycles. The quantitative estimate of drug-likeness (QED) is 0.742. The molecule has 8 heteroatoms. The molecule has 27 heavy (non-hydrogen) atoms. The van der Waals surface area contributed by atoms with Crippen LogP contribution in [0.15, 0.2) is 39.7 Å². The van der Waals surface area contributed by atoms with Crippen molar-refractivity contribution in [3.05, 3.63) is 46.3 Å². The van der Waals surface area contributed by atoms with Gasteiger partial charge in [0.05, 0.1) is 29.8 Å². The van der Waals surface area contributed by atoms with E-state index in [1.807, 2.05) is 12.1 Å². The van der Waals surface area contributed by atoms with Crippen molar-refractivity contribution in [2.75, 3.05) is 44.9 Å². The molecule has 2 atom stereocenters. The first-order valence-corrected chi connectivity index (χ1v) is 11.0. The molecule has 7 nitrogen and oxygen atoms in total. The van der Waals surface area contributed by atoms with E-state index in [4.69, 9.17) is 9.15 Å². The molecule has 3 heterocycles. The summed E-state index contributed by atoms with van der Waals surface area (Å²) < 4.78 is 35.4. The summed E-state index contributed by atoms with van der Waals surface area (Å²) in [6, 6.07) is 7.03. The first kappa shape index (κ1) is 18.6. The largest absolute Gasteiger partial charge is 0.464 e. The number of rotatable bonds is 5. The number of sulfone groups is 1. The molecule has 0 bridgehead atoms. The fourth-order valence-corrected chi connectivity index (χ4v) is 6.27. The van der Waals surface area contributed by atoms with E-state index in [9.17, 15) is 13.2 Å². The normalized spacial score (nSPS) is 25.7. The predicted molar refractivity (Wildman–Crippen MR) is 103 cm³/mol. The molecule has 2 aliphatic rings. The lowest BCUT2D eigenvalue weighted by molar-refractivity contribution is 0.0249. The van der Waals surface area contributed by atoms with Crippen molar-refractivity contribution >= 4 is 20.8 Å². The minimum atomic E-state index is -3.08. The Morgan fingerprint density at radius 1 is 1.15 bits per heavy atom. The third-order valence-corrected chi connectivity index (χ3v) is 7.31. The standard InChI is InChI=1S/C19H24N2O5S/c1-25-9-8-20-6-7-21(17-13-27(23,24)12-16(17)20)10-14-11-26-18-5-3-2-4-15(18)19(14)22/h2-5,11,16-17H,6-10,12-13H2,1H3/t16-,17+/m1/s1. The number of para-hydroxylation sites is 1. The van der Waals surface area contributed by atoms with Crippen LogP contribution in [0.25, 0.3) is 11.0 Å². The Labute approximate surface area is 158 Å². The summed E-state index contributed by atoms with van der Waals surface area (Å²) in [5.74, 6) is 0.310. The zero-order valence-electron chi connectivity index (χ0n) is 15.3. The Morgan fingerprint density at radius 3 is 2.63 bits per heavy atom. The molecule has 0 radical (unpaired) electrons. The van der Waals surface area contributed by atoms with E-state index >= 15 is 0 Å². The molecule has 0 unspecified atom stereocenters. The highest BCUT2D eigenvalue weighted by Gasteiger charge is 2.46. The lowest BCUT2D eigenvalue weighted by atomic mass is 10.0. The minimum absolute atomic E-state index is 0.0453. The zero-order chi connectivity index (χ0) is 19.0. The van der Waals surface area contributed by atoms with E-state index in [-0.39, 0.29) is 29.0 Å². The van der Waals surface area contributed by atoms with Gasteiger partial charge in [-0.25, -0.2) is 8.42 Å². The highest BCUT2D eigenvalue weighted by molar-refractivity contribution is 7.91. The summed E-state index contributed by atoms with van der Waals surface area (Å²) in [5.41, 5.74) is 1.09. The molecule has 146 valence electrons. The van der Waals surface area contributed by atoms with Gasteiger partial charge in [-0.2, -0.15) is 0 Å². The summed E-state index contributed by atoms with van der Waals surface area (Å²) in [6.07, 6.45) is 1.51. The van der Waals surface area contributed by atoms with E-state index in [1.54, 1.807) is 19.2 Å². The lowest BCUT2D eigenvalue weighted by Crippen LogP contribution is -2.59. The summed E-state index contributed by atoms with van der Waals surface area (Å²) in [4.78, 5) is 17.1. The lowest BCUT2D eigenvalue weighted by Gasteiger charge is -2.43. The molecule has 0 amide bonds. The second kappa shape index (κ2) is 7.35. The minimum Gasteiger partial charge on any atom is -0.464 e. The Balaban J connectivity index is 1.59. The molecule has 0 N–H and O–H groups in total. The van der Waals surface area contributed by atoms with E-state index in [0.29, 0.717) is 36.2 Å². The Hall–Kier alpha value is -1.74. The van der Waals surface area contributed by atoms with Crippen LogP contribution in [-0.4, -0.2) is 75.2 Å². The Kier molecular flexibility index (Phi) is 5.07. The van der Waals surface area contributed by atoms with Crippen LogP contribution in [0.2, 0.25) is 0 Å². The van der Waals surface area contributed by atoms with Crippen LogP contribution in [-0.2, 0) is 21.1 Å². The van der Waals surface area contributed by atoms with Crippen LogP contribution in [0.3, 0.4) is 0 Å². The van der Waals surface area contributed by atoms with Gasteiger partial charge >= 0.3 is 0 Å². The predicted octanol–water partition coefficient (Wildman–Crippen LogP) is 0.723. The van der Waals surface area contributed by atoms with Crippen molar-refractivity contribution in [2.45, 2.75) is 18.6 Å². The molecule has 0 spiro atoms. The SMILES string of the molecule is COCCN1CCN(Cc2coc3ccccc3c2=O)[C@H]2CS(=O)(=O)C[C@H]21. The number of methoxy groups -OCH3 is 1. The molecule has 2 aliphatic heterocycles. The van der Waals surface area contributed by atoms with Gasteiger partial charge in [-0.1, -0.05) is 12.1 Å².